The van der Waals surface area contributed by atoms with Crippen LogP contribution < -0.4 is 5.69 Å². The van der Waals surface area contributed by atoms with Crippen molar-refractivity contribution in [3.8, 4) is 11.5 Å². The van der Waals surface area contributed by atoms with Gasteiger partial charge in [0.25, 0.3) is 0 Å². The molecule has 0 spiro atoms. The first-order valence-corrected chi connectivity index (χ1v) is 3.03. The van der Waals surface area contributed by atoms with Crippen LogP contribution in [0.25, 0.3) is 11.5 Å². The Morgan fingerprint density at radius 3 is 3.18 bits per heavy atom. The van der Waals surface area contributed by atoms with E-state index in [4.69, 9.17) is 0 Å². The summed E-state index contributed by atoms with van der Waals surface area (Å²) in [5.74, 6) is 0.465. The van der Waals surface area contributed by atoms with Gasteiger partial charge >= 0.3 is 5.69 Å². The number of hydrogen-bond donors (Lipinski definition) is 1. The molecule has 0 aliphatic carbocycles. The number of aromatic amines is 1. The zero-order valence-corrected chi connectivity index (χ0v) is 5.48. The summed E-state index contributed by atoms with van der Waals surface area (Å²) in [4.78, 5) is 24.4. The van der Waals surface area contributed by atoms with E-state index in [-0.39, 0.29) is 0 Å². The van der Waals surface area contributed by atoms with Crippen molar-refractivity contribution in [2.45, 2.75) is 0 Å². The van der Waals surface area contributed by atoms with E-state index in [1.807, 2.05) is 0 Å². The third-order valence-corrected chi connectivity index (χ3v) is 1.26. The molecule has 0 aromatic heterocycles. The first kappa shape index (κ1) is 5.96. The number of H-pyrrole nitrogens is 1. The van der Waals surface area contributed by atoms with Gasteiger partial charge in [-0.2, -0.15) is 9.97 Å². The highest BCUT2D eigenvalue weighted by Gasteiger charge is 2.02. The number of rotatable bonds is 0. The zero-order valence-electron chi connectivity index (χ0n) is 5.48. The molecule has 1 N–H and O–H groups in total. The maximum absolute atomic E-state index is 10.6. The summed E-state index contributed by atoms with van der Waals surface area (Å²) in [7, 11) is 0. The molecule has 54 valence electrons. The van der Waals surface area contributed by atoms with Crippen LogP contribution in [0.15, 0.2) is 23.4 Å². The Morgan fingerprint density at radius 1 is 1.36 bits per heavy atom. The number of nitrogens with one attached hydrogen (secondary N) is 1. The van der Waals surface area contributed by atoms with E-state index in [9.17, 15) is 4.79 Å². The maximum Gasteiger partial charge on any atom is 0.369 e. The number of nitrogens with zero attached hydrogens (tertiary/aromatic N) is 3. The van der Waals surface area contributed by atoms with Crippen LogP contribution in [0.1, 0.15) is 0 Å². The molecule has 0 unspecified atom stereocenters. The van der Waals surface area contributed by atoms with E-state index in [2.05, 4.69) is 19.9 Å². The molecule has 2 rings (SSSR count). The lowest BCUT2D eigenvalue weighted by molar-refractivity contribution is 1.00. The second kappa shape index (κ2) is 2.12. The molecule has 0 aromatic rings. The number of fused-ring (bicyclic) bond motifs is 1. The third-order valence-electron chi connectivity index (χ3n) is 1.26. The van der Waals surface area contributed by atoms with Gasteiger partial charge in [0, 0.05) is 12.4 Å². The van der Waals surface area contributed by atoms with Crippen LogP contribution in [0.2, 0.25) is 0 Å². The van der Waals surface area contributed by atoms with Gasteiger partial charge in [-0.15, -0.1) is 0 Å². The van der Waals surface area contributed by atoms with E-state index < -0.39 is 5.69 Å². The van der Waals surface area contributed by atoms with E-state index >= 15 is 0 Å². The summed E-state index contributed by atoms with van der Waals surface area (Å²) in [5, 5.41) is 0. The quantitative estimate of drug-likeness (QED) is 0.555. The van der Waals surface area contributed by atoms with E-state index in [0.717, 1.165) is 0 Å². The largest absolute Gasteiger partial charge is 0.369 e. The molecule has 5 heteroatoms. The van der Waals surface area contributed by atoms with Gasteiger partial charge in [0.05, 0.1) is 6.20 Å². The maximum atomic E-state index is 10.6. The van der Waals surface area contributed by atoms with Crippen molar-refractivity contribution in [1.82, 2.24) is 19.9 Å². The predicted molar refractivity (Wildman–Crippen MR) is 37.1 cm³/mol. The van der Waals surface area contributed by atoms with Gasteiger partial charge in [0.15, 0.2) is 5.82 Å². The summed E-state index contributed by atoms with van der Waals surface area (Å²) < 4.78 is 0. The SMILES string of the molecule is O=c1ncc2ncc[nH]c-2n1. The molecule has 0 atom stereocenters. The second-order valence-electron chi connectivity index (χ2n) is 1.98. The van der Waals surface area contributed by atoms with Gasteiger partial charge in [-0.05, 0) is 0 Å². The van der Waals surface area contributed by atoms with Gasteiger partial charge in [0.1, 0.15) is 5.69 Å². The highest BCUT2D eigenvalue weighted by Crippen LogP contribution is 2.05. The van der Waals surface area contributed by atoms with Crippen LogP contribution in [0.3, 0.4) is 0 Å². The van der Waals surface area contributed by atoms with E-state index in [1.165, 1.54) is 6.20 Å². The lowest BCUT2D eigenvalue weighted by atomic mass is 10.4. The Morgan fingerprint density at radius 2 is 2.27 bits per heavy atom. The molecule has 0 fully saturated rings. The fourth-order valence-electron chi connectivity index (χ4n) is 0.794. The minimum atomic E-state index is -0.498. The Balaban J connectivity index is 2.84. The summed E-state index contributed by atoms with van der Waals surface area (Å²) in [5.41, 5.74) is 0.0915. The number of aromatic nitrogens is 4. The molecule has 5 nitrogen and oxygen atoms in total. The average Bonchev–Trinajstić information content (AvgIpc) is 2.04. The number of hydrogen-bond acceptors (Lipinski definition) is 4. The lowest BCUT2D eigenvalue weighted by Gasteiger charge is -1.97. The van der Waals surface area contributed by atoms with Crippen LogP contribution in [0, 0.1) is 0 Å². The van der Waals surface area contributed by atoms with Crippen LogP contribution in [-0.4, -0.2) is 19.9 Å². The molecule has 2 aliphatic heterocycles. The zero-order chi connectivity index (χ0) is 7.68. The Labute approximate surface area is 61.5 Å². The molecule has 0 amide bonds. The molecular formula is C6H4N4O. The Bertz CT molecular complexity index is 396. The molecule has 0 saturated heterocycles. The van der Waals surface area contributed by atoms with Crippen molar-refractivity contribution < 1.29 is 0 Å². The van der Waals surface area contributed by atoms with Gasteiger partial charge in [-0.1, -0.05) is 0 Å². The van der Waals surface area contributed by atoms with Gasteiger partial charge in [0.2, 0.25) is 0 Å². The van der Waals surface area contributed by atoms with Crippen molar-refractivity contribution in [1.29, 1.82) is 0 Å². The molecule has 2 aliphatic rings. The normalized spacial score (nSPS) is 10.2. The molecule has 2 heterocycles. The van der Waals surface area contributed by atoms with Gasteiger partial charge in [-0.25, -0.2) is 9.78 Å². The van der Waals surface area contributed by atoms with Crippen molar-refractivity contribution in [2.24, 2.45) is 0 Å². The second-order valence-corrected chi connectivity index (χ2v) is 1.98. The molecule has 0 aromatic carbocycles. The van der Waals surface area contributed by atoms with Gasteiger partial charge in [-0.3, -0.25) is 0 Å². The van der Waals surface area contributed by atoms with Crippen LogP contribution in [0.5, 0.6) is 0 Å². The molecule has 0 bridgehead atoms. The first-order chi connectivity index (χ1) is 5.36. The van der Waals surface area contributed by atoms with E-state index in [0.29, 0.717) is 11.5 Å². The van der Waals surface area contributed by atoms with Gasteiger partial charge < -0.3 is 4.98 Å². The molecule has 0 radical (unpaired) electrons. The summed E-state index contributed by atoms with van der Waals surface area (Å²) >= 11 is 0. The highest BCUT2D eigenvalue weighted by molar-refractivity contribution is 5.46. The average molecular weight is 148 g/mol. The molecule has 0 saturated carbocycles. The summed E-state index contributed by atoms with van der Waals surface area (Å²) in [6, 6.07) is 0. The Kier molecular flexibility index (Phi) is 1.15. The summed E-state index contributed by atoms with van der Waals surface area (Å²) in [6.07, 6.45) is 4.58. The fraction of sp³-hybridized carbons (Fsp3) is 0. The minimum Gasteiger partial charge on any atom is -0.343 e. The topological polar surface area (TPSA) is 71.5 Å². The smallest absolute Gasteiger partial charge is 0.343 e. The monoisotopic (exact) mass is 148 g/mol. The highest BCUT2D eigenvalue weighted by atomic mass is 16.1. The molecular weight excluding hydrogens is 144 g/mol. The van der Waals surface area contributed by atoms with Crippen molar-refractivity contribution >= 4 is 0 Å². The standard InChI is InChI=1S/C6H4N4O/c11-6-9-3-4-5(10-6)8-2-1-7-4/h1-3H,(H,8,9,10,11). The predicted octanol–water partition coefficient (Wildman–Crippen LogP) is -0.335. The van der Waals surface area contributed by atoms with Crippen LogP contribution in [0.4, 0.5) is 0 Å². The first-order valence-electron chi connectivity index (χ1n) is 3.03. The fourth-order valence-corrected chi connectivity index (χ4v) is 0.794. The van der Waals surface area contributed by atoms with Crippen molar-refractivity contribution in [3.05, 3.63) is 29.1 Å². The summed E-state index contributed by atoms with van der Waals surface area (Å²) in [6.45, 7) is 0. The van der Waals surface area contributed by atoms with Crippen molar-refractivity contribution in [2.75, 3.05) is 0 Å². The van der Waals surface area contributed by atoms with Crippen LogP contribution in [-0.2, 0) is 0 Å². The lowest BCUT2D eigenvalue weighted by Crippen LogP contribution is -2.12. The minimum absolute atomic E-state index is 0.465. The third kappa shape index (κ3) is 0.958. The van der Waals surface area contributed by atoms with Crippen molar-refractivity contribution in [3.63, 3.8) is 0 Å². The Hall–Kier alpha value is -1.78. The molecule has 11 heavy (non-hydrogen) atoms. The van der Waals surface area contributed by atoms with Crippen LogP contribution >= 0.6 is 0 Å². The van der Waals surface area contributed by atoms with E-state index in [1.54, 1.807) is 12.4 Å².